The fraction of sp³-hybridized carbons (Fsp3) is 0.250. The van der Waals surface area contributed by atoms with Crippen LogP contribution in [0.4, 0.5) is 0 Å². The van der Waals surface area contributed by atoms with Crippen LogP contribution in [0.15, 0.2) is 28.3 Å². The second kappa shape index (κ2) is 5.27. The highest BCUT2D eigenvalue weighted by Crippen LogP contribution is 2.33. The van der Waals surface area contributed by atoms with Crippen LogP contribution in [0.5, 0.6) is 0 Å². The number of hydrazine groups is 1. The first-order chi connectivity index (χ1) is 8.11. The van der Waals surface area contributed by atoms with Crippen LogP contribution >= 0.6 is 27.3 Å². The molecule has 0 aliphatic rings. The first-order valence-electron chi connectivity index (χ1n) is 5.25. The molecule has 5 heteroatoms. The summed E-state index contributed by atoms with van der Waals surface area (Å²) in [6, 6.07) is 4.24. The lowest BCUT2D eigenvalue weighted by Crippen LogP contribution is -2.28. The zero-order chi connectivity index (χ0) is 12.4. The van der Waals surface area contributed by atoms with Gasteiger partial charge in [-0.05, 0) is 52.5 Å². The van der Waals surface area contributed by atoms with Crippen molar-refractivity contribution in [2.24, 2.45) is 5.84 Å². The van der Waals surface area contributed by atoms with E-state index >= 15 is 0 Å². The van der Waals surface area contributed by atoms with Gasteiger partial charge in [0.25, 0.3) is 0 Å². The Balaban J connectivity index is 2.39. The summed E-state index contributed by atoms with van der Waals surface area (Å²) >= 11 is 5.23. The molecular formula is C12H14BrN3S. The molecule has 0 aliphatic heterocycles. The number of aryl methyl sites for hydroxylation is 2. The van der Waals surface area contributed by atoms with E-state index in [1.807, 2.05) is 19.3 Å². The summed E-state index contributed by atoms with van der Waals surface area (Å²) in [4.78, 5) is 5.39. The van der Waals surface area contributed by atoms with Crippen molar-refractivity contribution >= 4 is 27.3 Å². The molecule has 0 bridgehead atoms. The number of aromatic nitrogens is 1. The van der Waals surface area contributed by atoms with Gasteiger partial charge in [-0.3, -0.25) is 10.8 Å². The third-order valence-electron chi connectivity index (χ3n) is 2.56. The van der Waals surface area contributed by atoms with Crippen molar-refractivity contribution in [3.8, 4) is 0 Å². The van der Waals surface area contributed by atoms with E-state index < -0.39 is 0 Å². The van der Waals surface area contributed by atoms with Crippen molar-refractivity contribution in [1.29, 1.82) is 0 Å². The third-order valence-corrected chi connectivity index (χ3v) is 4.76. The Bertz CT molecular complexity index is 505. The predicted octanol–water partition coefficient (Wildman–Crippen LogP) is 3.08. The summed E-state index contributed by atoms with van der Waals surface area (Å²) in [7, 11) is 0. The van der Waals surface area contributed by atoms with E-state index in [1.54, 1.807) is 11.3 Å². The topological polar surface area (TPSA) is 50.9 Å². The minimum atomic E-state index is -0.00241. The molecule has 0 amide bonds. The molecule has 17 heavy (non-hydrogen) atoms. The number of halogens is 1. The van der Waals surface area contributed by atoms with Gasteiger partial charge in [0.2, 0.25) is 0 Å². The highest BCUT2D eigenvalue weighted by atomic mass is 79.9. The minimum absolute atomic E-state index is 0.00241. The maximum Gasteiger partial charge on any atom is 0.0817 e. The van der Waals surface area contributed by atoms with Crippen LogP contribution < -0.4 is 11.3 Å². The molecule has 0 saturated heterocycles. The minimum Gasteiger partial charge on any atom is -0.271 e. The highest BCUT2D eigenvalue weighted by Gasteiger charge is 2.16. The normalized spacial score (nSPS) is 12.7. The molecule has 0 saturated carbocycles. The number of hydrogen-bond acceptors (Lipinski definition) is 4. The van der Waals surface area contributed by atoms with Gasteiger partial charge in [-0.1, -0.05) is 6.07 Å². The Kier molecular flexibility index (Phi) is 3.93. The molecule has 2 aromatic heterocycles. The first kappa shape index (κ1) is 12.7. The zero-order valence-electron chi connectivity index (χ0n) is 9.70. The van der Waals surface area contributed by atoms with Crippen molar-refractivity contribution in [1.82, 2.24) is 10.4 Å². The lowest BCUT2D eigenvalue weighted by molar-refractivity contribution is 0.643. The average Bonchev–Trinajstić information content (AvgIpc) is 2.60. The molecule has 0 spiro atoms. The standard InChI is InChI=1S/C12H14BrN3S/c1-7-3-9(6-15-5-7)11(16-14)10-4-8(2)12(13)17-10/h3-6,11,16H,14H2,1-2H3. The quantitative estimate of drug-likeness (QED) is 0.676. The lowest BCUT2D eigenvalue weighted by Gasteiger charge is -2.14. The highest BCUT2D eigenvalue weighted by molar-refractivity contribution is 9.11. The van der Waals surface area contributed by atoms with E-state index in [9.17, 15) is 0 Å². The van der Waals surface area contributed by atoms with Crippen LogP contribution in [0.2, 0.25) is 0 Å². The summed E-state index contributed by atoms with van der Waals surface area (Å²) < 4.78 is 1.15. The summed E-state index contributed by atoms with van der Waals surface area (Å²) in [5.74, 6) is 5.66. The maximum absolute atomic E-state index is 5.66. The molecule has 3 nitrogen and oxygen atoms in total. The smallest absolute Gasteiger partial charge is 0.0817 e. The molecule has 0 fully saturated rings. The van der Waals surface area contributed by atoms with Crippen molar-refractivity contribution < 1.29 is 0 Å². The van der Waals surface area contributed by atoms with Gasteiger partial charge in [0.05, 0.1) is 9.83 Å². The fourth-order valence-corrected chi connectivity index (χ4v) is 3.36. The summed E-state index contributed by atoms with van der Waals surface area (Å²) in [6.45, 7) is 4.10. The van der Waals surface area contributed by atoms with Gasteiger partial charge in [-0.2, -0.15) is 0 Å². The van der Waals surface area contributed by atoms with Crippen LogP contribution in [-0.4, -0.2) is 4.98 Å². The van der Waals surface area contributed by atoms with Crippen LogP contribution in [0.25, 0.3) is 0 Å². The number of thiophene rings is 1. The first-order valence-corrected chi connectivity index (χ1v) is 6.86. The Morgan fingerprint density at radius 1 is 1.35 bits per heavy atom. The van der Waals surface area contributed by atoms with Gasteiger partial charge >= 0.3 is 0 Å². The summed E-state index contributed by atoms with van der Waals surface area (Å²) in [5.41, 5.74) is 6.30. The number of nitrogens with one attached hydrogen (secondary N) is 1. The summed E-state index contributed by atoms with van der Waals surface area (Å²) in [5, 5.41) is 0. The molecule has 0 radical (unpaired) electrons. The molecule has 0 aliphatic carbocycles. The van der Waals surface area contributed by atoms with E-state index in [4.69, 9.17) is 5.84 Å². The molecule has 1 unspecified atom stereocenters. The van der Waals surface area contributed by atoms with Crippen LogP contribution in [0.3, 0.4) is 0 Å². The van der Waals surface area contributed by atoms with Gasteiger partial charge in [0, 0.05) is 17.3 Å². The van der Waals surface area contributed by atoms with E-state index in [0.29, 0.717) is 0 Å². The lowest BCUT2D eigenvalue weighted by atomic mass is 10.1. The van der Waals surface area contributed by atoms with Gasteiger partial charge in [-0.25, -0.2) is 5.43 Å². The molecule has 2 rings (SSSR count). The van der Waals surface area contributed by atoms with Crippen LogP contribution in [-0.2, 0) is 0 Å². The average molecular weight is 312 g/mol. The van der Waals surface area contributed by atoms with Crippen molar-refractivity contribution in [2.75, 3.05) is 0 Å². The van der Waals surface area contributed by atoms with Gasteiger partial charge in [-0.15, -0.1) is 11.3 Å². The largest absolute Gasteiger partial charge is 0.271 e. The van der Waals surface area contributed by atoms with Crippen LogP contribution in [0, 0.1) is 13.8 Å². The van der Waals surface area contributed by atoms with E-state index in [1.165, 1.54) is 10.4 Å². The Hall–Kier alpha value is -0.750. The third kappa shape index (κ3) is 2.74. The van der Waals surface area contributed by atoms with E-state index in [-0.39, 0.29) is 6.04 Å². The SMILES string of the molecule is Cc1cncc(C(NN)c2cc(C)c(Br)s2)c1. The number of pyridine rings is 1. The van der Waals surface area contributed by atoms with Crippen molar-refractivity contribution in [2.45, 2.75) is 19.9 Å². The molecule has 0 aromatic carbocycles. The van der Waals surface area contributed by atoms with E-state index in [0.717, 1.165) is 14.9 Å². The number of hydrogen-bond donors (Lipinski definition) is 2. The van der Waals surface area contributed by atoms with Crippen molar-refractivity contribution in [3.63, 3.8) is 0 Å². The molecular weight excluding hydrogens is 298 g/mol. The fourth-order valence-electron chi connectivity index (χ4n) is 1.70. The second-order valence-corrected chi connectivity index (χ2v) is 6.40. The Morgan fingerprint density at radius 3 is 2.65 bits per heavy atom. The van der Waals surface area contributed by atoms with E-state index in [2.05, 4.69) is 45.4 Å². The van der Waals surface area contributed by atoms with Gasteiger partial charge in [0.15, 0.2) is 0 Å². The Labute approximate surface area is 113 Å². The number of rotatable bonds is 3. The molecule has 2 heterocycles. The number of nitrogens with zero attached hydrogens (tertiary/aromatic N) is 1. The maximum atomic E-state index is 5.66. The molecule has 1 atom stereocenters. The molecule has 2 aromatic rings. The Morgan fingerprint density at radius 2 is 2.12 bits per heavy atom. The molecule has 3 N–H and O–H groups in total. The zero-order valence-corrected chi connectivity index (χ0v) is 12.1. The summed E-state index contributed by atoms with van der Waals surface area (Å²) in [6.07, 6.45) is 3.69. The predicted molar refractivity (Wildman–Crippen MR) is 74.9 cm³/mol. The van der Waals surface area contributed by atoms with Crippen LogP contribution in [0.1, 0.15) is 27.6 Å². The monoisotopic (exact) mass is 311 g/mol. The van der Waals surface area contributed by atoms with Gasteiger partial charge in [0.1, 0.15) is 0 Å². The molecule has 90 valence electrons. The van der Waals surface area contributed by atoms with Crippen molar-refractivity contribution in [3.05, 3.63) is 49.9 Å². The van der Waals surface area contributed by atoms with Gasteiger partial charge < -0.3 is 0 Å². The number of nitrogens with two attached hydrogens (primary N) is 1. The second-order valence-electron chi connectivity index (χ2n) is 4.00.